The lowest BCUT2D eigenvalue weighted by molar-refractivity contribution is -0.704. The third kappa shape index (κ3) is 4.57. The Kier molecular flexibility index (Phi) is 4.83. The number of hydrogen-bond acceptors (Lipinski definition) is 1. The van der Waals surface area contributed by atoms with E-state index < -0.39 is 5.60 Å². The molecular weight excluding hydrogens is 212 g/mol. The lowest BCUT2D eigenvalue weighted by atomic mass is 9.85. The highest BCUT2D eigenvalue weighted by atomic mass is 16.3. The number of piperidine rings is 2. The molecule has 3 nitrogen and oxygen atoms in total. The Bertz CT molecular complexity index is 196. The van der Waals surface area contributed by atoms with Crippen molar-refractivity contribution >= 4 is 0 Å². The molecular formula is C14H30N2O+2. The summed E-state index contributed by atoms with van der Waals surface area (Å²) in [6, 6.07) is 1.34. The van der Waals surface area contributed by atoms with E-state index in [1.807, 2.05) is 0 Å². The molecule has 0 amide bonds. The van der Waals surface area contributed by atoms with Gasteiger partial charge in [-0.3, -0.25) is 0 Å². The van der Waals surface area contributed by atoms with Gasteiger partial charge < -0.3 is 15.7 Å². The molecule has 0 aromatic heterocycles. The van der Waals surface area contributed by atoms with Gasteiger partial charge in [0.1, 0.15) is 0 Å². The molecule has 2 heterocycles. The van der Waals surface area contributed by atoms with Crippen LogP contribution in [0.1, 0.15) is 58.3 Å². The predicted octanol–water partition coefficient (Wildman–Crippen LogP) is -0.251. The van der Waals surface area contributed by atoms with Crippen molar-refractivity contribution in [1.29, 1.82) is 0 Å². The lowest BCUT2D eigenvalue weighted by Crippen LogP contribution is -2.93. The van der Waals surface area contributed by atoms with Crippen LogP contribution in [0.5, 0.6) is 0 Å². The maximum Gasteiger partial charge on any atom is 0.0886 e. The van der Waals surface area contributed by atoms with Gasteiger partial charge in [-0.15, -0.1) is 0 Å². The van der Waals surface area contributed by atoms with Crippen LogP contribution in [0, 0.1) is 0 Å². The fourth-order valence-corrected chi connectivity index (χ4v) is 3.63. The molecule has 5 N–H and O–H groups in total. The summed E-state index contributed by atoms with van der Waals surface area (Å²) in [6.07, 6.45) is 9.98. The summed E-state index contributed by atoms with van der Waals surface area (Å²) in [5.74, 6) is 0. The smallest absolute Gasteiger partial charge is 0.0886 e. The summed E-state index contributed by atoms with van der Waals surface area (Å²) in [7, 11) is 0. The van der Waals surface area contributed by atoms with Crippen LogP contribution >= 0.6 is 0 Å². The maximum atomic E-state index is 10.6. The summed E-state index contributed by atoms with van der Waals surface area (Å²) in [4.78, 5) is 0. The summed E-state index contributed by atoms with van der Waals surface area (Å²) in [6.45, 7) is 4.57. The average molecular weight is 242 g/mol. The topological polar surface area (TPSA) is 53.5 Å². The van der Waals surface area contributed by atoms with Crippen molar-refractivity contribution in [3.63, 3.8) is 0 Å². The van der Waals surface area contributed by atoms with Gasteiger partial charge in [0.2, 0.25) is 0 Å². The van der Waals surface area contributed by atoms with Gasteiger partial charge in [0.05, 0.1) is 30.8 Å². The molecule has 2 saturated heterocycles. The molecule has 0 saturated carbocycles. The minimum Gasteiger partial charge on any atom is -0.390 e. The lowest BCUT2D eigenvalue weighted by Gasteiger charge is -2.32. The van der Waals surface area contributed by atoms with Crippen molar-refractivity contribution in [2.24, 2.45) is 0 Å². The second-order valence-corrected chi connectivity index (χ2v) is 6.47. The first-order chi connectivity index (χ1) is 8.16. The van der Waals surface area contributed by atoms with Gasteiger partial charge >= 0.3 is 0 Å². The summed E-state index contributed by atoms with van der Waals surface area (Å²) >= 11 is 0. The van der Waals surface area contributed by atoms with Gasteiger partial charge in [0, 0.05) is 12.8 Å². The minimum atomic E-state index is -0.447. The van der Waals surface area contributed by atoms with Crippen molar-refractivity contribution < 1.29 is 15.7 Å². The molecule has 0 aliphatic carbocycles. The molecule has 0 bridgehead atoms. The molecule has 2 fully saturated rings. The fraction of sp³-hybridized carbons (Fsp3) is 1.00. The zero-order valence-corrected chi connectivity index (χ0v) is 11.3. The molecule has 2 atom stereocenters. The van der Waals surface area contributed by atoms with Crippen molar-refractivity contribution in [1.82, 2.24) is 0 Å². The average Bonchev–Trinajstić information content (AvgIpc) is 2.30. The maximum absolute atomic E-state index is 10.6. The molecule has 0 aromatic rings. The Morgan fingerprint density at radius 3 is 1.76 bits per heavy atom. The third-order valence-corrected chi connectivity index (χ3v) is 4.46. The second kappa shape index (κ2) is 6.17. The molecule has 17 heavy (non-hydrogen) atoms. The van der Waals surface area contributed by atoms with E-state index >= 15 is 0 Å². The van der Waals surface area contributed by atoms with Crippen LogP contribution < -0.4 is 10.6 Å². The van der Waals surface area contributed by atoms with Crippen LogP contribution in [-0.4, -0.2) is 35.9 Å². The molecule has 0 radical (unpaired) electrons. The quantitative estimate of drug-likeness (QED) is 0.626. The monoisotopic (exact) mass is 242 g/mol. The first kappa shape index (κ1) is 13.3. The van der Waals surface area contributed by atoms with Gasteiger partial charge in [0.15, 0.2) is 0 Å². The van der Waals surface area contributed by atoms with Crippen molar-refractivity contribution in [3.05, 3.63) is 0 Å². The van der Waals surface area contributed by atoms with Crippen LogP contribution in [-0.2, 0) is 0 Å². The number of aliphatic hydroxyl groups is 1. The van der Waals surface area contributed by atoms with Crippen molar-refractivity contribution in [3.8, 4) is 0 Å². The highest BCUT2D eigenvalue weighted by molar-refractivity contribution is 4.80. The van der Waals surface area contributed by atoms with E-state index in [1.165, 1.54) is 51.6 Å². The molecule has 2 rings (SSSR count). The summed E-state index contributed by atoms with van der Waals surface area (Å²) < 4.78 is 0. The molecule has 0 aromatic carbocycles. The Morgan fingerprint density at radius 1 is 0.941 bits per heavy atom. The van der Waals surface area contributed by atoms with Gasteiger partial charge in [0.25, 0.3) is 0 Å². The van der Waals surface area contributed by atoms with E-state index in [0.29, 0.717) is 12.1 Å². The number of hydrogen-bond donors (Lipinski definition) is 3. The zero-order valence-electron chi connectivity index (χ0n) is 11.3. The fourth-order valence-electron chi connectivity index (χ4n) is 3.63. The predicted molar refractivity (Wildman–Crippen MR) is 68.7 cm³/mol. The molecule has 2 aliphatic heterocycles. The van der Waals surface area contributed by atoms with Gasteiger partial charge in [-0.1, -0.05) is 0 Å². The zero-order chi connectivity index (χ0) is 12.1. The Hall–Kier alpha value is -0.120. The van der Waals surface area contributed by atoms with Crippen molar-refractivity contribution in [2.75, 3.05) is 13.1 Å². The third-order valence-electron chi connectivity index (χ3n) is 4.46. The van der Waals surface area contributed by atoms with Crippen molar-refractivity contribution in [2.45, 2.75) is 76.0 Å². The largest absolute Gasteiger partial charge is 0.390 e. The van der Waals surface area contributed by atoms with Crippen LogP contribution in [0.2, 0.25) is 0 Å². The van der Waals surface area contributed by atoms with E-state index in [-0.39, 0.29) is 0 Å². The first-order valence-electron chi connectivity index (χ1n) is 7.55. The highest BCUT2D eigenvalue weighted by Crippen LogP contribution is 2.22. The summed E-state index contributed by atoms with van der Waals surface area (Å²) in [5.41, 5.74) is -0.447. The molecule has 0 spiro atoms. The van der Waals surface area contributed by atoms with E-state index in [4.69, 9.17) is 0 Å². The first-order valence-corrected chi connectivity index (χ1v) is 7.55. The molecule has 3 heteroatoms. The van der Waals surface area contributed by atoms with Crippen LogP contribution in [0.3, 0.4) is 0 Å². The van der Waals surface area contributed by atoms with E-state index in [0.717, 1.165) is 12.8 Å². The normalized spacial score (nSPS) is 31.4. The van der Waals surface area contributed by atoms with Gasteiger partial charge in [-0.25, -0.2) is 0 Å². The number of rotatable bonds is 4. The van der Waals surface area contributed by atoms with E-state index in [1.54, 1.807) is 0 Å². The van der Waals surface area contributed by atoms with Gasteiger partial charge in [-0.05, 0) is 45.4 Å². The molecule has 100 valence electrons. The van der Waals surface area contributed by atoms with Crippen LogP contribution in [0.15, 0.2) is 0 Å². The number of quaternary nitrogens is 2. The SMILES string of the molecule is CC(O)(C[C@@H]1CCCC[NH2+]1)C[C@@H]1CCCC[NH2+]1. The summed E-state index contributed by atoms with van der Waals surface area (Å²) in [5, 5.41) is 15.5. The van der Waals surface area contributed by atoms with E-state index in [9.17, 15) is 5.11 Å². The minimum absolute atomic E-state index is 0.447. The van der Waals surface area contributed by atoms with Gasteiger partial charge in [-0.2, -0.15) is 0 Å². The Labute approximate surface area is 105 Å². The standard InChI is InChI=1S/C14H28N2O/c1-14(17,10-12-6-2-4-8-15-12)11-13-7-3-5-9-16-13/h12-13,15-17H,2-11H2,1H3/p+2/t12-,13-/m0/s1. The Balaban J connectivity index is 1.75. The second-order valence-electron chi connectivity index (χ2n) is 6.47. The van der Waals surface area contributed by atoms with Crippen LogP contribution in [0.4, 0.5) is 0 Å². The van der Waals surface area contributed by atoms with Crippen LogP contribution in [0.25, 0.3) is 0 Å². The molecule has 2 aliphatic rings. The van der Waals surface area contributed by atoms with E-state index in [2.05, 4.69) is 17.6 Å². The number of nitrogens with two attached hydrogens (primary N) is 2. The molecule has 0 unspecified atom stereocenters. The highest BCUT2D eigenvalue weighted by Gasteiger charge is 2.33. The Morgan fingerprint density at radius 2 is 1.41 bits per heavy atom.